The Hall–Kier alpha value is -0.770. The number of nitrogens with two attached hydrogens (primary N) is 1. The Morgan fingerprint density at radius 2 is 1.67 bits per heavy atom. The number of hydrogen-bond acceptors (Lipinski definition) is 2. The summed E-state index contributed by atoms with van der Waals surface area (Å²) < 4.78 is 1.15. The number of hydrogen-bond donors (Lipinski definition) is 1. The summed E-state index contributed by atoms with van der Waals surface area (Å²) in [5.74, 6) is 0. The minimum atomic E-state index is 0.412. The monoisotopic (exact) mass is 321 g/mol. The highest BCUT2D eigenvalue weighted by Gasteiger charge is 2.13. The standard InChI is InChI=1S/C15H16BrNS/c16-13-8-4-5-9-15(13)18-14(10-11-17)12-6-2-1-3-7-12/h1-9,14H,10-11,17H2. The highest BCUT2D eigenvalue weighted by atomic mass is 79.9. The molecule has 94 valence electrons. The van der Waals surface area contributed by atoms with E-state index in [0.29, 0.717) is 11.8 Å². The van der Waals surface area contributed by atoms with Gasteiger partial charge in [-0.1, -0.05) is 42.5 Å². The van der Waals surface area contributed by atoms with Crippen LogP contribution in [0.4, 0.5) is 0 Å². The fourth-order valence-electron chi connectivity index (χ4n) is 1.81. The molecule has 0 amide bonds. The Balaban J connectivity index is 2.19. The van der Waals surface area contributed by atoms with Crippen molar-refractivity contribution in [1.82, 2.24) is 0 Å². The zero-order valence-corrected chi connectivity index (χ0v) is 12.5. The zero-order chi connectivity index (χ0) is 12.8. The van der Waals surface area contributed by atoms with E-state index in [1.807, 2.05) is 23.9 Å². The first-order valence-corrected chi connectivity index (χ1v) is 7.64. The van der Waals surface area contributed by atoms with E-state index in [2.05, 4.69) is 58.4 Å². The lowest BCUT2D eigenvalue weighted by atomic mass is 10.1. The van der Waals surface area contributed by atoms with Gasteiger partial charge in [0, 0.05) is 14.6 Å². The quantitative estimate of drug-likeness (QED) is 0.812. The summed E-state index contributed by atoms with van der Waals surface area (Å²) in [6.07, 6.45) is 0.982. The van der Waals surface area contributed by atoms with Crippen molar-refractivity contribution in [2.75, 3.05) is 6.54 Å². The lowest BCUT2D eigenvalue weighted by Crippen LogP contribution is -2.04. The molecule has 0 saturated heterocycles. The average Bonchev–Trinajstić information content (AvgIpc) is 2.42. The number of thioether (sulfide) groups is 1. The smallest absolute Gasteiger partial charge is 0.0356 e. The molecule has 18 heavy (non-hydrogen) atoms. The minimum absolute atomic E-state index is 0.412. The van der Waals surface area contributed by atoms with Gasteiger partial charge >= 0.3 is 0 Å². The lowest BCUT2D eigenvalue weighted by molar-refractivity contribution is 0.814. The van der Waals surface area contributed by atoms with Gasteiger partial charge < -0.3 is 5.73 Å². The Bertz CT molecular complexity index is 487. The normalized spacial score (nSPS) is 12.3. The van der Waals surface area contributed by atoms with Crippen LogP contribution in [0.2, 0.25) is 0 Å². The van der Waals surface area contributed by atoms with E-state index < -0.39 is 0 Å². The third-order valence-corrected chi connectivity index (χ3v) is 5.06. The fraction of sp³-hybridized carbons (Fsp3) is 0.200. The first-order chi connectivity index (χ1) is 8.81. The molecular weight excluding hydrogens is 306 g/mol. The van der Waals surface area contributed by atoms with E-state index in [1.165, 1.54) is 10.5 Å². The maximum Gasteiger partial charge on any atom is 0.0356 e. The third kappa shape index (κ3) is 3.61. The molecule has 2 N–H and O–H groups in total. The van der Waals surface area contributed by atoms with Crippen LogP contribution in [0.25, 0.3) is 0 Å². The summed E-state index contributed by atoms with van der Waals surface area (Å²) in [5, 5.41) is 0.412. The SMILES string of the molecule is NCCC(Sc1ccccc1Br)c1ccccc1. The Morgan fingerprint density at radius 3 is 2.33 bits per heavy atom. The van der Waals surface area contributed by atoms with Gasteiger partial charge in [0.1, 0.15) is 0 Å². The number of benzene rings is 2. The van der Waals surface area contributed by atoms with Crippen LogP contribution in [0.5, 0.6) is 0 Å². The second kappa shape index (κ2) is 6.98. The van der Waals surface area contributed by atoms with Gasteiger partial charge in [0.05, 0.1) is 0 Å². The maximum absolute atomic E-state index is 5.73. The minimum Gasteiger partial charge on any atom is -0.330 e. The van der Waals surface area contributed by atoms with Crippen molar-refractivity contribution in [2.45, 2.75) is 16.6 Å². The zero-order valence-electron chi connectivity index (χ0n) is 10.1. The Morgan fingerprint density at radius 1 is 1.00 bits per heavy atom. The summed E-state index contributed by atoms with van der Waals surface area (Å²) >= 11 is 5.46. The van der Waals surface area contributed by atoms with Crippen LogP contribution in [0.1, 0.15) is 17.2 Å². The second-order valence-corrected chi connectivity index (χ2v) is 6.12. The molecule has 1 atom stereocenters. The van der Waals surface area contributed by atoms with E-state index in [4.69, 9.17) is 5.73 Å². The lowest BCUT2D eigenvalue weighted by Gasteiger charge is -2.17. The van der Waals surface area contributed by atoms with Gasteiger partial charge in [-0.25, -0.2) is 0 Å². The van der Waals surface area contributed by atoms with Crippen LogP contribution >= 0.6 is 27.7 Å². The molecule has 3 heteroatoms. The largest absolute Gasteiger partial charge is 0.330 e. The molecule has 0 aliphatic rings. The average molecular weight is 322 g/mol. The van der Waals surface area contributed by atoms with Crippen LogP contribution in [0.3, 0.4) is 0 Å². The summed E-state index contributed by atoms with van der Waals surface area (Å²) in [6.45, 7) is 0.705. The highest BCUT2D eigenvalue weighted by molar-refractivity contribution is 9.10. The van der Waals surface area contributed by atoms with Gasteiger partial charge in [-0.15, -0.1) is 11.8 Å². The molecule has 0 aliphatic carbocycles. The van der Waals surface area contributed by atoms with Crippen LogP contribution in [-0.4, -0.2) is 6.54 Å². The molecular formula is C15H16BrNS. The number of halogens is 1. The Kier molecular flexibility index (Phi) is 5.29. The molecule has 0 saturated carbocycles. The van der Waals surface area contributed by atoms with Crippen LogP contribution in [0.15, 0.2) is 64.0 Å². The van der Waals surface area contributed by atoms with Crippen molar-refractivity contribution < 1.29 is 0 Å². The molecule has 0 aliphatic heterocycles. The van der Waals surface area contributed by atoms with Crippen LogP contribution < -0.4 is 5.73 Å². The summed E-state index contributed by atoms with van der Waals surface area (Å²) in [4.78, 5) is 1.26. The molecule has 2 aromatic carbocycles. The van der Waals surface area contributed by atoms with Crippen molar-refractivity contribution in [3.05, 3.63) is 64.6 Å². The molecule has 0 bridgehead atoms. The van der Waals surface area contributed by atoms with Gasteiger partial charge in [-0.2, -0.15) is 0 Å². The molecule has 2 aromatic rings. The molecule has 0 heterocycles. The van der Waals surface area contributed by atoms with Gasteiger partial charge in [0.15, 0.2) is 0 Å². The van der Waals surface area contributed by atoms with E-state index in [1.54, 1.807) is 0 Å². The highest BCUT2D eigenvalue weighted by Crippen LogP contribution is 2.40. The summed E-state index contributed by atoms with van der Waals surface area (Å²) in [7, 11) is 0. The molecule has 0 fully saturated rings. The first kappa shape index (κ1) is 13.7. The van der Waals surface area contributed by atoms with Gasteiger partial charge in [-0.3, -0.25) is 0 Å². The van der Waals surface area contributed by atoms with Gasteiger partial charge in [0.2, 0.25) is 0 Å². The molecule has 0 radical (unpaired) electrons. The van der Waals surface area contributed by atoms with Crippen molar-refractivity contribution in [1.29, 1.82) is 0 Å². The summed E-state index contributed by atoms with van der Waals surface area (Å²) in [5.41, 5.74) is 7.07. The fourth-order valence-corrected chi connectivity index (χ4v) is 3.56. The van der Waals surface area contributed by atoms with Crippen molar-refractivity contribution >= 4 is 27.7 Å². The predicted octanol–water partition coefficient (Wildman–Crippen LogP) is 4.63. The van der Waals surface area contributed by atoms with E-state index in [-0.39, 0.29) is 0 Å². The van der Waals surface area contributed by atoms with E-state index in [9.17, 15) is 0 Å². The van der Waals surface area contributed by atoms with Gasteiger partial charge in [-0.05, 0) is 46.6 Å². The van der Waals surface area contributed by atoms with Crippen molar-refractivity contribution in [2.24, 2.45) is 5.73 Å². The van der Waals surface area contributed by atoms with Crippen molar-refractivity contribution in [3.8, 4) is 0 Å². The van der Waals surface area contributed by atoms with Crippen LogP contribution in [-0.2, 0) is 0 Å². The predicted molar refractivity (Wildman–Crippen MR) is 82.9 cm³/mol. The summed E-state index contributed by atoms with van der Waals surface area (Å²) in [6, 6.07) is 18.9. The third-order valence-electron chi connectivity index (χ3n) is 2.71. The topological polar surface area (TPSA) is 26.0 Å². The molecule has 0 aromatic heterocycles. The van der Waals surface area contributed by atoms with E-state index in [0.717, 1.165) is 10.9 Å². The molecule has 1 nitrogen and oxygen atoms in total. The first-order valence-electron chi connectivity index (χ1n) is 5.97. The maximum atomic E-state index is 5.73. The van der Waals surface area contributed by atoms with E-state index >= 15 is 0 Å². The Labute approximate surface area is 121 Å². The van der Waals surface area contributed by atoms with Gasteiger partial charge in [0.25, 0.3) is 0 Å². The number of rotatable bonds is 5. The molecule has 1 unspecified atom stereocenters. The molecule has 0 spiro atoms. The van der Waals surface area contributed by atoms with Crippen molar-refractivity contribution in [3.63, 3.8) is 0 Å². The van der Waals surface area contributed by atoms with Crippen LogP contribution in [0, 0.1) is 0 Å². The second-order valence-electron chi connectivity index (χ2n) is 4.02. The molecule has 2 rings (SSSR count).